The molecule has 0 spiro atoms. The molecule has 2 fully saturated rings. The predicted octanol–water partition coefficient (Wildman–Crippen LogP) is 3.12. The first-order valence-corrected chi connectivity index (χ1v) is 13.3. The third-order valence-corrected chi connectivity index (χ3v) is 7.73. The van der Waals surface area contributed by atoms with Gasteiger partial charge in [0.2, 0.25) is 0 Å². The average molecular weight is 521 g/mol. The topological polar surface area (TPSA) is 103 Å². The molecule has 2 aliphatic rings. The van der Waals surface area contributed by atoms with Crippen molar-refractivity contribution in [3.05, 3.63) is 82.0 Å². The normalized spacial score (nSPS) is 16.1. The molecule has 0 aliphatic carbocycles. The number of nitrogens with zero attached hydrogens (tertiary/aromatic N) is 8. The summed E-state index contributed by atoms with van der Waals surface area (Å²) in [5.74, 6) is 0.716. The Hall–Kier alpha value is -4.47. The Bertz CT molecular complexity index is 1440. The highest BCUT2D eigenvalue weighted by Crippen LogP contribution is 2.24. The lowest BCUT2D eigenvalue weighted by atomic mass is 9.98. The monoisotopic (exact) mass is 520 g/mol. The minimum atomic E-state index is 0.0680. The van der Waals surface area contributed by atoms with Gasteiger partial charge < -0.3 is 14.7 Å². The quantitative estimate of drug-likeness (QED) is 0.506. The molecule has 0 N–H and O–H groups in total. The van der Waals surface area contributed by atoms with E-state index < -0.39 is 0 Å². The fraction of sp³-hybridized carbons (Fsp3) is 0.367. The Balaban J connectivity index is 1.23. The van der Waals surface area contributed by atoms with Gasteiger partial charge in [-0.1, -0.05) is 18.2 Å². The van der Waals surface area contributed by atoms with Gasteiger partial charge in [-0.15, -0.1) is 5.10 Å². The number of carbonyl (C=O) groups is 1. The maximum absolute atomic E-state index is 13.6. The third kappa shape index (κ3) is 5.55. The van der Waals surface area contributed by atoms with Gasteiger partial charge in [-0.3, -0.25) is 9.69 Å². The SMILES string of the molecule is Cc1cc(C)c(C(=O)N2CCN(c3ccccc3C#N)CC2)cc1CN1CCN(c2nnccc2C#N)CC1. The molecular weight excluding hydrogens is 488 g/mol. The number of benzene rings is 2. The lowest BCUT2D eigenvalue weighted by Crippen LogP contribution is -2.49. The second-order valence-electron chi connectivity index (χ2n) is 10.1. The van der Waals surface area contributed by atoms with E-state index in [1.807, 2.05) is 36.1 Å². The van der Waals surface area contributed by atoms with Crippen LogP contribution in [0.15, 0.2) is 48.7 Å². The molecule has 2 aromatic carbocycles. The zero-order valence-corrected chi connectivity index (χ0v) is 22.5. The number of amides is 1. The summed E-state index contributed by atoms with van der Waals surface area (Å²) < 4.78 is 0. The van der Waals surface area contributed by atoms with Crippen LogP contribution in [0.2, 0.25) is 0 Å². The van der Waals surface area contributed by atoms with Crippen LogP contribution in [-0.2, 0) is 6.54 Å². The summed E-state index contributed by atoms with van der Waals surface area (Å²) in [6.07, 6.45) is 1.55. The zero-order chi connectivity index (χ0) is 27.4. The van der Waals surface area contributed by atoms with E-state index in [4.69, 9.17) is 0 Å². The number of anilines is 2. The number of nitriles is 2. The molecule has 9 nitrogen and oxygen atoms in total. The summed E-state index contributed by atoms with van der Waals surface area (Å²) in [5, 5.41) is 27.0. The molecule has 1 amide bonds. The van der Waals surface area contributed by atoms with E-state index in [0.29, 0.717) is 43.1 Å². The van der Waals surface area contributed by atoms with E-state index in [9.17, 15) is 15.3 Å². The summed E-state index contributed by atoms with van der Waals surface area (Å²) in [7, 11) is 0. The highest BCUT2D eigenvalue weighted by Gasteiger charge is 2.26. The first-order chi connectivity index (χ1) is 19.0. The molecule has 39 heavy (non-hydrogen) atoms. The van der Waals surface area contributed by atoms with Crippen molar-refractivity contribution in [1.82, 2.24) is 20.0 Å². The van der Waals surface area contributed by atoms with E-state index in [1.165, 1.54) is 5.56 Å². The van der Waals surface area contributed by atoms with Gasteiger partial charge in [0, 0.05) is 64.5 Å². The maximum Gasteiger partial charge on any atom is 0.254 e. The van der Waals surface area contributed by atoms with Gasteiger partial charge in [-0.05, 0) is 54.8 Å². The van der Waals surface area contributed by atoms with Crippen molar-refractivity contribution < 1.29 is 4.79 Å². The highest BCUT2D eigenvalue weighted by atomic mass is 16.2. The molecule has 0 radical (unpaired) electrons. The van der Waals surface area contributed by atoms with Crippen molar-refractivity contribution >= 4 is 17.4 Å². The number of hydrogen-bond donors (Lipinski definition) is 0. The summed E-state index contributed by atoms with van der Waals surface area (Å²) in [4.78, 5) is 22.2. The van der Waals surface area contributed by atoms with Gasteiger partial charge in [0.1, 0.15) is 12.1 Å². The van der Waals surface area contributed by atoms with Crippen LogP contribution in [0.3, 0.4) is 0 Å². The van der Waals surface area contributed by atoms with Gasteiger partial charge in [-0.2, -0.15) is 15.6 Å². The van der Waals surface area contributed by atoms with Gasteiger partial charge >= 0.3 is 0 Å². The van der Waals surface area contributed by atoms with Gasteiger partial charge in [-0.25, -0.2) is 0 Å². The lowest BCUT2D eigenvalue weighted by molar-refractivity contribution is 0.0746. The molecule has 5 rings (SSSR count). The second-order valence-corrected chi connectivity index (χ2v) is 10.1. The highest BCUT2D eigenvalue weighted by molar-refractivity contribution is 5.96. The minimum absolute atomic E-state index is 0.0680. The fourth-order valence-corrected chi connectivity index (χ4v) is 5.47. The number of carbonyl (C=O) groups excluding carboxylic acids is 1. The Kier molecular flexibility index (Phi) is 7.72. The predicted molar refractivity (Wildman–Crippen MR) is 149 cm³/mol. The van der Waals surface area contributed by atoms with Crippen LogP contribution >= 0.6 is 0 Å². The fourth-order valence-electron chi connectivity index (χ4n) is 5.47. The van der Waals surface area contributed by atoms with Crippen LogP contribution in [0.5, 0.6) is 0 Å². The van der Waals surface area contributed by atoms with Crippen LogP contribution in [0.4, 0.5) is 11.5 Å². The molecule has 3 aromatic rings. The number of hydrogen-bond acceptors (Lipinski definition) is 8. The molecule has 0 bridgehead atoms. The Morgan fingerprint density at radius 2 is 1.54 bits per heavy atom. The number of rotatable bonds is 5. The number of aryl methyl sites for hydroxylation is 2. The molecule has 1 aromatic heterocycles. The molecular formula is C30H32N8O. The van der Waals surface area contributed by atoms with Crippen molar-refractivity contribution in [2.45, 2.75) is 20.4 Å². The second kappa shape index (κ2) is 11.5. The molecule has 198 valence electrons. The maximum atomic E-state index is 13.6. The number of para-hydroxylation sites is 1. The average Bonchev–Trinajstić information content (AvgIpc) is 2.98. The molecule has 2 aliphatic heterocycles. The van der Waals surface area contributed by atoms with Crippen molar-refractivity contribution in [1.29, 1.82) is 10.5 Å². The third-order valence-electron chi connectivity index (χ3n) is 7.73. The summed E-state index contributed by atoms with van der Waals surface area (Å²) in [6.45, 7) is 10.7. The van der Waals surface area contributed by atoms with E-state index in [2.05, 4.69) is 56.1 Å². The smallest absolute Gasteiger partial charge is 0.254 e. The van der Waals surface area contributed by atoms with E-state index in [-0.39, 0.29) is 5.91 Å². The van der Waals surface area contributed by atoms with E-state index in [1.54, 1.807) is 12.3 Å². The van der Waals surface area contributed by atoms with E-state index >= 15 is 0 Å². The van der Waals surface area contributed by atoms with Crippen LogP contribution in [0.25, 0.3) is 0 Å². The van der Waals surface area contributed by atoms with Crippen molar-refractivity contribution in [3.8, 4) is 12.1 Å². The van der Waals surface area contributed by atoms with Crippen molar-refractivity contribution in [3.63, 3.8) is 0 Å². The Labute approximate surface area is 229 Å². The zero-order valence-electron chi connectivity index (χ0n) is 22.5. The standard InChI is InChI=1S/C30H32N8O/c1-22-17-23(2)27(30(39)38-15-13-36(14-16-38)28-6-4-3-5-24(28)19-31)18-26(22)21-35-9-11-37(12-10-35)29-25(20-32)7-8-33-34-29/h3-8,17-18H,9-16,21H2,1-2H3. The Morgan fingerprint density at radius 1 is 0.846 bits per heavy atom. The summed E-state index contributed by atoms with van der Waals surface area (Å²) in [5.41, 5.74) is 6.25. The minimum Gasteiger partial charge on any atom is -0.367 e. The number of aromatic nitrogens is 2. The van der Waals surface area contributed by atoms with Crippen LogP contribution in [-0.4, -0.2) is 78.3 Å². The van der Waals surface area contributed by atoms with Crippen LogP contribution < -0.4 is 9.80 Å². The lowest BCUT2D eigenvalue weighted by Gasteiger charge is -2.37. The number of piperazine rings is 2. The molecule has 0 saturated carbocycles. The van der Waals surface area contributed by atoms with Gasteiger partial charge in [0.15, 0.2) is 5.82 Å². The molecule has 0 unspecified atom stereocenters. The van der Waals surface area contributed by atoms with Crippen LogP contribution in [0.1, 0.15) is 38.2 Å². The van der Waals surface area contributed by atoms with Crippen molar-refractivity contribution in [2.24, 2.45) is 0 Å². The first kappa shape index (κ1) is 26.1. The molecule has 2 saturated heterocycles. The largest absolute Gasteiger partial charge is 0.367 e. The molecule has 9 heteroatoms. The summed E-state index contributed by atoms with van der Waals surface area (Å²) >= 11 is 0. The molecule has 0 atom stereocenters. The molecule has 3 heterocycles. The van der Waals surface area contributed by atoms with Crippen molar-refractivity contribution in [2.75, 3.05) is 62.2 Å². The van der Waals surface area contributed by atoms with E-state index in [0.717, 1.165) is 55.1 Å². The van der Waals surface area contributed by atoms with Gasteiger partial charge in [0.05, 0.1) is 23.0 Å². The van der Waals surface area contributed by atoms with Gasteiger partial charge in [0.25, 0.3) is 5.91 Å². The summed E-state index contributed by atoms with van der Waals surface area (Å²) in [6, 6.07) is 18.0. The first-order valence-electron chi connectivity index (χ1n) is 13.3. The van der Waals surface area contributed by atoms with Crippen LogP contribution in [0, 0.1) is 36.5 Å². The Morgan fingerprint density at radius 3 is 2.26 bits per heavy atom.